The standard InChI is InChI=1S/C12H13NO2S/c1-10-5-6-11(2)12(9-10)16(14,15)13-7-3-4-8-13/h3-9H,1-2H3. The number of hydrogen-bond donors (Lipinski definition) is 0. The Morgan fingerprint density at radius 3 is 2.31 bits per heavy atom. The highest BCUT2D eigenvalue weighted by atomic mass is 32.2. The van der Waals surface area contributed by atoms with Crippen LogP contribution in [-0.4, -0.2) is 12.4 Å². The molecule has 1 heterocycles. The largest absolute Gasteiger partial charge is 0.267 e. The Morgan fingerprint density at radius 2 is 1.69 bits per heavy atom. The quantitative estimate of drug-likeness (QED) is 0.801. The van der Waals surface area contributed by atoms with E-state index in [4.69, 9.17) is 0 Å². The zero-order valence-corrected chi connectivity index (χ0v) is 10.0. The first kappa shape index (κ1) is 11.0. The number of aromatic nitrogens is 1. The Balaban J connectivity index is 2.65. The van der Waals surface area contributed by atoms with Crippen LogP contribution in [0.15, 0.2) is 47.6 Å². The summed E-state index contributed by atoms with van der Waals surface area (Å²) in [6, 6.07) is 8.83. The molecule has 2 rings (SSSR count). The van der Waals surface area contributed by atoms with Crippen molar-refractivity contribution in [3.8, 4) is 0 Å². The first-order valence-electron chi connectivity index (χ1n) is 4.97. The summed E-state index contributed by atoms with van der Waals surface area (Å²) in [4.78, 5) is 0.365. The van der Waals surface area contributed by atoms with Crippen LogP contribution in [0.4, 0.5) is 0 Å². The second kappa shape index (κ2) is 3.79. The van der Waals surface area contributed by atoms with Crippen molar-refractivity contribution in [2.24, 2.45) is 0 Å². The van der Waals surface area contributed by atoms with Gasteiger partial charge in [-0.25, -0.2) is 12.4 Å². The highest BCUT2D eigenvalue weighted by molar-refractivity contribution is 7.90. The van der Waals surface area contributed by atoms with Crippen LogP contribution in [-0.2, 0) is 10.0 Å². The van der Waals surface area contributed by atoms with Crippen LogP contribution in [0.1, 0.15) is 11.1 Å². The van der Waals surface area contributed by atoms with E-state index in [9.17, 15) is 8.42 Å². The molecule has 0 saturated carbocycles. The Bertz CT molecular complexity index is 598. The normalized spacial score (nSPS) is 11.6. The maximum Gasteiger partial charge on any atom is 0.267 e. The number of benzene rings is 1. The topological polar surface area (TPSA) is 39.1 Å². The van der Waals surface area contributed by atoms with Gasteiger partial charge in [-0.15, -0.1) is 0 Å². The van der Waals surface area contributed by atoms with Crippen LogP contribution in [0.3, 0.4) is 0 Å². The minimum atomic E-state index is -3.43. The monoisotopic (exact) mass is 235 g/mol. The molecule has 3 nitrogen and oxygen atoms in total. The number of rotatable bonds is 2. The molecule has 0 atom stereocenters. The van der Waals surface area contributed by atoms with Crippen molar-refractivity contribution in [1.82, 2.24) is 3.97 Å². The molecule has 84 valence electrons. The zero-order chi connectivity index (χ0) is 11.8. The highest BCUT2D eigenvalue weighted by Crippen LogP contribution is 2.19. The predicted molar refractivity (Wildman–Crippen MR) is 62.9 cm³/mol. The van der Waals surface area contributed by atoms with E-state index in [1.54, 1.807) is 25.1 Å². The molecule has 0 N–H and O–H groups in total. The molecule has 16 heavy (non-hydrogen) atoms. The first-order valence-corrected chi connectivity index (χ1v) is 6.41. The molecule has 0 radical (unpaired) electrons. The molecular formula is C12H13NO2S. The van der Waals surface area contributed by atoms with Crippen LogP contribution >= 0.6 is 0 Å². The summed E-state index contributed by atoms with van der Waals surface area (Å²) in [7, 11) is -3.43. The molecule has 0 aliphatic carbocycles. The summed E-state index contributed by atoms with van der Waals surface area (Å²) in [5, 5.41) is 0. The second-order valence-electron chi connectivity index (χ2n) is 3.79. The third-order valence-electron chi connectivity index (χ3n) is 2.48. The molecule has 0 fully saturated rings. The SMILES string of the molecule is Cc1ccc(C)c(S(=O)(=O)n2cccc2)c1. The lowest BCUT2D eigenvalue weighted by Crippen LogP contribution is -2.12. The highest BCUT2D eigenvalue weighted by Gasteiger charge is 2.17. The summed E-state index contributed by atoms with van der Waals surface area (Å²) in [5.74, 6) is 0. The number of nitrogens with zero attached hydrogens (tertiary/aromatic N) is 1. The third kappa shape index (κ3) is 1.76. The molecule has 0 amide bonds. The summed E-state index contributed by atoms with van der Waals surface area (Å²) >= 11 is 0. The minimum Gasteiger partial charge on any atom is -0.249 e. The van der Waals surface area contributed by atoms with Gasteiger partial charge in [-0.2, -0.15) is 0 Å². The molecule has 0 spiro atoms. The van der Waals surface area contributed by atoms with E-state index in [1.807, 2.05) is 19.1 Å². The van der Waals surface area contributed by atoms with Crippen molar-refractivity contribution < 1.29 is 8.42 Å². The van der Waals surface area contributed by atoms with Gasteiger partial charge in [0.15, 0.2) is 0 Å². The van der Waals surface area contributed by atoms with Crippen molar-refractivity contribution in [3.63, 3.8) is 0 Å². The average Bonchev–Trinajstić information content (AvgIpc) is 2.75. The predicted octanol–water partition coefficient (Wildman–Crippen LogP) is 2.34. The average molecular weight is 235 g/mol. The fraction of sp³-hybridized carbons (Fsp3) is 0.167. The molecule has 1 aromatic heterocycles. The van der Waals surface area contributed by atoms with Gasteiger partial charge >= 0.3 is 0 Å². The number of hydrogen-bond acceptors (Lipinski definition) is 2. The van der Waals surface area contributed by atoms with Crippen LogP contribution in [0.25, 0.3) is 0 Å². The molecule has 0 bridgehead atoms. The van der Waals surface area contributed by atoms with Gasteiger partial charge in [-0.3, -0.25) is 0 Å². The molecule has 0 aliphatic heterocycles. The zero-order valence-electron chi connectivity index (χ0n) is 9.21. The van der Waals surface area contributed by atoms with Crippen LogP contribution in [0, 0.1) is 13.8 Å². The summed E-state index contributed by atoms with van der Waals surface area (Å²) in [5.41, 5.74) is 1.70. The molecular weight excluding hydrogens is 222 g/mol. The van der Waals surface area contributed by atoms with Gasteiger partial charge < -0.3 is 0 Å². The van der Waals surface area contributed by atoms with Crippen molar-refractivity contribution >= 4 is 10.0 Å². The summed E-state index contributed by atoms with van der Waals surface area (Å²) in [6.45, 7) is 3.68. The van der Waals surface area contributed by atoms with E-state index >= 15 is 0 Å². The van der Waals surface area contributed by atoms with Gasteiger partial charge in [0.05, 0.1) is 4.90 Å². The molecule has 0 unspecified atom stereocenters. The molecule has 2 aromatic rings. The van der Waals surface area contributed by atoms with Crippen LogP contribution in [0.2, 0.25) is 0 Å². The fourth-order valence-corrected chi connectivity index (χ4v) is 3.08. The molecule has 4 heteroatoms. The molecule has 0 aliphatic rings. The van der Waals surface area contributed by atoms with Crippen molar-refractivity contribution in [1.29, 1.82) is 0 Å². The van der Waals surface area contributed by atoms with E-state index < -0.39 is 10.0 Å². The van der Waals surface area contributed by atoms with Gasteiger partial charge in [0, 0.05) is 12.4 Å². The van der Waals surface area contributed by atoms with E-state index in [-0.39, 0.29) is 0 Å². The summed E-state index contributed by atoms with van der Waals surface area (Å²) < 4.78 is 25.7. The lowest BCUT2D eigenvalue weighted by Gasteiger charge is -2.09. The van der Waals surface area contributed by atoms with Crippen molar-refractivity contribution in [2.75, 3.05) is 0 Å². The summed E-state index contributed by atoms with van der Waals surface area (Å²) in [6.07, 6.45) is 3.08. The van der Waals surface area contributed by atoms with Crippen LogP contribution in [0.5, 0.6) is 0 Å². The van der Waals surface area contributed by atoms with Gasteiger partial charge in [0.2, 0.25) is 0 Å². The molecule has 0 saturated heterocycles. The fourth-order valence-electron chi connectivity index (χ4n) is 1.58. The lowest BCUT2D eigenvalue weighted by atomic mass is 10.2. The number of aryl methyl sites for hydroxylation is 2. The Kier molecular flexibility index (Phi) is 2.59. The Morgan fingerprint density at radius 1 is 1.06 bits per heavy atom. The van der Waals surface area contributed by atoms with Crippen molar-refractivity contribution in [3.05, 3.63) is 53.9 Å². The maximum atomic E-state index is 12.2. The minimum absolute atomic E-state index is 0.365. The van der Waals surface area contributed by atoms with E-state index in [2.05, 4.69) is 0 Å². The maximum absolute atomic E-state index is 12.2. The van der Waals surface area contributed by atoms with Gasteiger partial charge in [0.25, 0.3) is 10.0 Å². The molecule has 1 aromatic carbocycles. The Labute approximate surface area is 95.4 Å². The second-order valence-corrected chi connectivity index (χ2v) is 5.60. The van der Waals surface area contributed by atoms with Gasteiger partial charge in [-0.1, -0.05) is 12.1 Å². The van der Waals surface area contributed by atoms with Crippen LogP contribution < -0.4 is 0 Å². The Hall–Kier alpha value is -1.55. The van der Waals surface area contributed by atoms with E-state index in [1.165, 1.54) is 16.4 Å². The van der Waals surface area contributed by atoms with Gasteiger partial charge in [-0.05, 0) is 43.2 Å². The smallest absolute Gasteiger partial charge is 0.249 e. The third-order valence-corrected chi connectivity index (χ3v) is 4.27. The van der Waals surface area contributed by atoms with E-state index in [0.29, 0.717) is 4.90 Å². The first-order chi connectivity index (χ1) is 7.51. The van der Waals surface area contributed by atoms with Crippen molar-refractivity contribution in [2.45, 2.75) is 18.7 Å². The van der Waals surface area contributed by atoms with E-state index in [0.717, 1.165) is 11.1 Å². The van der Waals surface area contributed by atoms with Gasteiger partial charge in [0.1, 0.15) is 0 Å². The lowest BCUT2D eigenvalue weighted by molar-refractivity contribution is 0.587.